The fourth-order valence-corrected chi connectivity index (χ4v) is 3.12. The number of ether oxygens (including phenoxy) is 3. The number of hydrogen-bond acceptors (Lipinski definition) is 5. The molecule has 0 aromatic carbocycles. The molecule has 0 aromatic rings. The molecule has 0 spiro atoms. The Morgan fingerprint density at radius 3 is 2.42 bits per heavy atom. The molecule has 6 heteroatoms. The van der Waals surface area contributed by atoms with Crippen molar-refractivity contribution in [1.82, 2.24) is 4.90 Å². The van der Waals surface area contributed by atoms with Gasteiger partial charge >= 0.3 is 0 Å². The third-order valence-electron chi connectivity index (χ3n) is 4.17. The number of amides is 2. The zero-order valence-electron chi connectivity index (χ0n) is 10.4. The fraction of sp³-hybridized carbons (Fsp3) is 0.692. The lowest BCUT2D eigenvalue weighted by molar-refractivity contribution is -0.143. The Morgan fingerprint density at radius 2 is 1.84 bits per heavy atom. The van der Waals surface area contributed by atoms with Crippen LogP contribution in [0, 0.1) is 11.8 Å². The van der Waals surface area contributed by atoms with Gasteiger partial charge in [0.05, 0.1) is 50.4 Å². The van der Waals surface area contributed by atoms with Gasteiger partial charge in [-0.2, -0.15) is 0 Å². The number of likely N-dealkylation sites (tertiary alicyclic amines) is 1. The molecule has 4 rings (SSSR count). The van der Waals surface area contributed by atoms with Crippen molar-refractivity contribution in [2.45, 2.75) is 18.3 Å². The first kappa shape index (κ1) is 11.6. The summed E-state index contributed by atoms with van der Waals surface area (Å²) in [4.78, 5) is 25.8. The number of rotatable bonds is 5. The summed E-state index contributed by atoms with van der Waals surface area (Å²) in [5, 5.41) is 0. The predicted molar refractivity (Wildman–Crippen MR) is 62.1 cm³/mol. The molecule has 4 aliphatic heterocycles. The molecule has 0 N–H and O–H groups in total. The third kappa shape index (κ3) is 1.74. The molecular weight excluding hydrogens is 250 g/mol. The maximum atomic E-state index is 12.2. The van der Waals surface area contributed by atoms with Gasteiger partial charge in [-0.15, -0.1) is 0 Å². The average molecular weight is 265 g/mol. The summed E-state index contributed by atoms with van der Waals surface area (Å²) in [6.45, 7) is 1.99. The standard InChI is InChI=1S/C13H15NO5/c15-12-10-8-1-2-9(19-8)11(10)13(16)14(12)3-4-17-5-7-6-18-7/h1-2,7-11H,3-6H2/t7-,8-,9+,10-,11+/m1/s1. The summed E-state index contributed by atoms with van der Waals surface area (Å²) in [6.07, 6.45) is 3.57. The molecule has 19 heavy (non-hydrogen) atoms. The Hall–Kier alpha value is -1.24. The van der Waals surface area contributed by atoms with Crippen LogP contribution >= 0.6 is 0 Å². The topological polar surface area (TPSA) is 68.4 Å². The van der Waals surface area contributed by atoms with Crippen LogP contribution in [0.25, 0.3) is 0 Å². The van der Waals surface area contributed by atoms with E-state index in [9.17, 15) is 9.59 Å². The smallest absolute Gasteiger partial charge is 0.236 e. The number of imide groups is 1. The Morgan fingerprint density at radius 1 is 1.21 bits per heavy atom. The van der Waals surface area contributed by atoms with Crippen molar-refractivity contribution < 1.29 is 23.8 Å². The molecule has 6 nitrogen and oxygen atoms in total. The second kappa shape index (κ2) is 4.13. The van der Waals surface area contributed by atoms with Crippen LogP contribution in [-0.2, 0) is 23.8 Å². The molecule has 5 atom stereocenters. The Kier molecular flexibility index (Phi) is 2.51. The average Bonchev–Trinajstić information content (AvgIpc) is 2.91. The van der Waals surface area contributed by atoms with Crippen molar-refractivity contribution in [3.63, 3.8) is 0 Å². The molecule has 4 aliphatic rings. The number of carbonyl (C=O) groups is 2. The van der Waals surface area contributed by atoms with E-state index in [2.05, 4.69) is 0 Å². The summed E-state index contributed by atoms with van der Waals surface area (Å²) >= 11 is 0. The Bertz CT molecular complexity index is 428. The van der Waals surface area contributed by atoms with Gasteiger partial charge in [0.1, 0.15) is 6.10 Å². The van der Waals surface area contributed by atoms with Gasteiger partial charge < -0.3 is 14.2 Å². The van der Waals surface area contributed by atoms with E-state index in [4.69, 9.17) is 14.2 Å². The van der Waals surface area contributed by atoms with E-state index >= 15 is 0 Å². The van der Waals surface area contributed by atoms with E-state index in [0.29, 0.717) is 19.8 Å². The molecule has 0 aromatic heterocycles. The quantitative estimate of drug-likeness (QED) is 0.286. The monoisotopic (exact) mass is 265 g/mol. The minimum absolute atomic E-state index is 0.113. The first-order valence-electron chi connectivity index (χ1n) is 6.64. The SMILES string of the molecule is O=C1[C@@H]2[C@H](C(=O)N1CCOC[C@@H]1CO1)[C@H]1C=C[C@@H]2O1. The molecule has 2 bridgehead atoms. The van der Waals surface area contributed by atoms with E-state index in [1.165, 1.54) is 4.90 Å². The summed E-state index contributed by atoms with van der Waals surface area (Å²) in [6, 6.07) is 0. The molecule has 4 heterocycles. The van der Waals surface area contributed by atoms with E-state index in [1.807, 2.05) is 12.2 Å². The molecule has 0 radical (unpaired) electrons. The zero-order valence-corrected chi connectivity index (χ0v) is 10.4. The van der Waals surface area contributed by atoms with E-state index < -0.39 is 0 Å². The van der Waals surface area contributed by atoms with Crippen LogP contribution in [0.3, 0.4) is 0 Å². The molecule has 2 amide bonds. The normalized spacial score (nSPS) is 42.3. The largest absolute Gasteiger partial charge is 0.377 e. The minimum Gasteiger partial charge on any atom is -0.377 e. The maximum Gasteiger partial charge on any atom is 0.236 e. The Balaban J connectivity index is 1.38. The highest BCUT2D eigenvalue weighted by Crippen LogP contribution is 2.44. The van der Waals surface area contributed by atoms with E-state index in [0.717, 1.165) is 6.61 Å². The van der Waals surface area contributed by atoms with Gasteiger partial charge in [0, 0.05) is 0 Å². The van der Waals surface area contributed by atoms with Gasteiger partial charge in [0.2, 0.25) is 11.8 Å². The summed E-state index contributed by atoms with van der Waals surface area (Å²) < 4.78 is 16.0. The van der Waals surface area contributed by atoms with Crippen LogP contribution in [0.2, 0.25) is 0 Å². The second-order valence-corrected chi connectivity index (χ2v) is 5.36. The summed E-state index contributed by atoms with van der Waals surface area (Å²) in [5.74, 6) is -0.847. The van der Waals surface area contributed by atoms with Crippen LogP contribution in [0.15, 0.2) is 12.2 Å². The van der Waals surface area contributed by atoms with Crippen molar-refractivity contribution >= 4 is 11.8 Å². The van der Waals surface area contributed by atoms with Crippen LogP contribution < -0.4 is 0 Å². The van der Waals surface area contributed by atoms with Crippen molar-refractivity contribution in [3.8, 4) is 0 Å². The zero-order chi connectivity index (χ0) is 13.0. The summed E-state index contributed by atoms with van der Waals surface area (Å²) in [5.41, 5.74) is 0. The van der Waals surface area contributed by atoms with Crippen molar-refractivity contribution in [1.29, 1.82) is 0 Å². The number of carbonyl (C=O) groups excluding carboxylic acids is 2. The predicted octanol–water partition coefficient (Wildman–Crippen LogP) is -0.660. The summed E-state index contributed by atoms with van der Waals surface area (Å²) in [7, 11) is 0. The fourth-order valence-electron chi connectivity index (χ4n) is 3.12. The lowest BCUT2D eigenvalue weighted by Crippen LogP contribution is -2.37. The molecule has 0 unspecified atom stereocenters. The van der Waals surface area contributed by atoms with Crippen molar-refractivity contribution in [2.24, 2.45) is 11.8 Å². The number of hydrogen-bond donors (Lipinski definition) is 0. The highest BCUT2D eigenvalue weighted by atomic mass is 16.6. The molecule has 3 fully saturated rings. The Labute approximate surface area is 110 Å². The van der Waals surface area contributed by atoms with Gasteiger partial charge in [-0.25, -0.2) is 0 Å². The third-order valence-corrected chi connectivity index (χ3v) is 4.17. The lowest BCUT2D eigenvalue weighted by Gasteiger charge is -2.17. The molecular formula is C13H15NO5. The highest BCUT2D eigenvalue weighted by Gasteiger charge is 2.60. The van der Waals surface area contributed by atoms with Gasteiger partial charge in [-0.3, -0.25) is 14.5 Å². The van der Waals surface area contributed by atoms with Crippen molar-refractivity contribution in [2.75, 3.05) is 26.4 Å². The van der Waals surface area contributed by atoms with Crippen LogP contribution in [0.1, 0.15) is 0 Å². The van der Waals surface area contributed by atoms with Crippen molar-refractivity contribution in [3.05, 3.63) is 12.2 Å². The maximum absolute atomic E-state index is 12.2. The van der Waals surface area contributed by atoms with Crippen LogP contribution in [0.5, 0.6) is 0 Å². The van der Waals surface area contributed by atoms with Crippen LogP contribution in [-0.4, -0.2) is 61.4 Å². The minimum atomic E-state index is -0.311. The molecule has 0 saturated carbocycles. The van der Waals surface area contributed by atoms with E-state index in [-0.39, 0.29) is 42.0 Å². The van der Waals surface area contributed by atoms with E-state index in [1.54, 1.807) is 0 Å². The number of epoxide rings is 1. The number of nitrogens with zero attached hydrogens (tertiary/aromatic N) is 1. The van der Waals surface area contributed by atoms with Gasteiger partial charge in [0.25, 0.3) is 0 Å². The molecule has 102 valence electrons. The number of fused-ring (bicyclic) bond motifs is 5. The van der Waals surface area contributed by atoms with Crippen LogP contribution in [0.4, 0.5) is 0 Å². The van der Waals surface area contributed by atoms with Gasteiger partial charge in [-0.05, 0) is 0 Å². The molecule has 0 aliphatic carbocycles. The molecule has 3 saturated heterocycles. The second-order valence-electron chi connectivity index (χ2n) is 5.36. The van der Waals surface area contributed by atoms with Gasteiger partial charge in [-0.1, -0.05) is 12.2 Å². The lowest BCUT2D eigenvalue weighted by atomic mass is 9.85. The highest BCUT2D eigenvalue weighted by molar-refractivity contribution is 6.06. The first-order chi connectivity index (χ1) is 9.25. The first-order valence-corrected chi connectivity index (χ1v) is 6.64. The van der Waals surface area contributed by atoms with Gasteiger partial charge in [0.15, 0.2) is 0 Å².